The number of aliphatic hydroxyl groups is 1. The van der Waals surface area contributed by atoms with Crippen LogP contribution in [-0.2, 0) is 0 Å². The molecule has 118 valence electrons. The van der Waals surface area contributed by atoms with E-state index in [4.69, 9.17) is 4.74 Å². The minimum absolute atomic E-state index is 0.358. The smallest absolute Gasteiger partial charge is 0.119 e. The summed E-state index contributed by atoms with van der Waals surface area (Å²) in [6.07, 6.45) is 0.772. The van der Waals surface area contributed by atoms with Crippen molar-refractivity contribution in [1.29, 1.82) is 0 Å². The first-order valence-corrected chi connectivity index (χ1v) is 8.05. The number of para-hydroxylation sites is 1. The SMILES string of the molecule is CCN(CC)C1CCN(CC(O)COc2ccccc2)C1. The molecule has 4 heteroatoms. The minimum atomic E-state index is -0.430. The summed E-state index contributed by atoms with van der Waals surface area (Å²) in [5, 5.41) is 10.1. The van der Waals surface area contributed by atoms with E-state index in [0.29, 0.717) is 19.2 Å². The van der Waals surface area contributed by atoms with E-state index in [1.807, 2.05) is 30.3 Å². The van der Waals surface area contributed by atoms with Crippen LogP contribution in [0, 0.1) is 0 Å². The van der Waals surface area contributed by atoms with E-state index in [-0.39, 0.29) is 0 Å². The number of rotatable bonds is 8. The predicted octanol–water partition coefficient (Wildman–Crippen LogP) is 1.84. The van der Waals surface area contributed by atoms with Crippen molar-refractivity contribution in [2.24, 2.45) is 0 Å². The van der Waals surface area contributed by atoms with Gasteiger partial charge < -0.3 is 9.84 Å². The number of β-amino-alcohol motifs (C(OH)–C–C–N with tert-alkyl or cyclic N) is 1. The molecule has 0 spiro atoms. The van der Waals surface area contributed by atoms with Crippen LogP contribution in [0.3, 0.4) is 0 Å². The summed E-state index contributed by atoms with van der Waals surface area (Å²) >= 11 is 0. The molecule has 0 bridgehead atoms. The molecule has 1 aromatic carbocycles. The Morgan fingerprint density at radius 3 is 2.67 bits per heavy atom. The quantitative estimate of drug-likeness (QED) is 0.793. The lowest BCUT2D eigenvalue weighted by molar-refractivity contribution is 0.0729. The van der Waals surface area contributed by atoms with Crippen LogP contribution in [0.25, 0.3) is 0 Å². The molecule has 0 radical (unpaired) electrons. The molecule has 0 amide bonds. The molecule has 1 aromatic rings. The Morgan fingerprint density at radius 1 is 1.29 bits per heavy atom. The van der Waals surface area contributed by atoms with Gasteiger partial charge in [-0.3, -0.25) is 9.80 Å². The van der Waals surface area contributed by atoms with Crippen molar-refractivity contribution < 1.29 is 9.84 Å². The summed E-state index contributed by atoms with van der Waals surface area (Å²) in [6.45, 7) is 9.83. The lowest BCUT2D eigenvalue weighted by Crippen LogP contribution is -2.39. The highest BCUT2D eigenvalue weighted by Crippen LogP contribution is 2.16. The fourth-order valence-electron chi connectivity index (χ4n) is 3.08. The van der Waals surface area contributed by atoms with Crippen LogP contribution in [0.5, 0.6) is 5.75 Å². The van der Waals surface area contributed by atoms with Crippen molar-refractivity contribution in [1.82, 2.24) is 9.80 Å². The van der Waals surface area contributed by atoms with Crippen molar-refractivity contribution in [2.75, 3.05) is 39.3 Å². The molecule has 1 heterocycles. The molecule has 21 heavy (non-hydrogen) atoms. The topological polar surface area (TPSA) is 35.9 Å². The molecular weight excluding hydrogens is 264 g/mol. The first-order valence-electron chi connectivity index (χ1n) is 8.05. The number of benzene rings is 1. The van der Waals surface area contributed by atoms with Gasteiger partial charge in [0.1, 0.15) is 18.5 Å². The highest BCUT2D eigenvalue weighted by Gasteiger charge is 2.27. The number of hydrogen-bond acceptors (Lipinski definition) is 4. The molecule has 4 nitrogen and oxygen atoms in total. The van der Waals surface area contributed by atoms with Gasteiger partial charge >= 0.3 is 0 Å². The number of nitrogens with zero attached hydrogens (tertiary/aromatic N) is 2. The van der Waals surface area contributed by atoms with Crippen LogP contribution >= 0.6 is 0 Å². The lowest BCUT2D eigenvalue weighted by atomic mass is 10.2. The molecule has 1 N–H and O–H groups in total. The molecule has 1 aliphatic rings. The van der Waals surface area contributed by atoms with Crippen LogP contribution in [0.15, 0.2) is 30.3 Å². The van der Waals surface area contributed by atoms with Crippen molar-refractivity contribution in [2.45, 2.75) is 32.4 Å². The highest BCUT2D eigenvalue weighted by atomic mass is 16.5. The second-order valence-electron chi connectivity index (χ2n) is 5.70. The molecule has 0 saturated carbocycles. The average molecular weight is 292 g/mol. The van der Waals surface area contributed by atoms with Crippen LogP contribution in [-0.4, -0.2) is 66.4 Å². The molecule has 1 fully saturated rings. The highest BCUT2D eigenvalue weighted by molar-refractivity contribution is 5.20. The zero-order chi connectivity index (χ0) is 15.1. The Morgan fingerprint density at radius 2 is 2.00 bits per heavy atom. The molecular formula is C17H28N2O2. The second-order valence-corrected chi connectivity index (χ2v) is 5.70. The zero-order valence-corrected chi connectivity index (χ0v) is 13.2. The van der Waals surface area contributed by atoms with E-state index in [1.54, 1.807) is 0 Å². The minimum Gasteiger partial charge on any atom is -0.491 e. The Balaban J connectivity index is 1.70. The van der Waals surface area contributed by atoms with Gasteiger partial charge in [-0.1, -0.05) is 32.0 Å². The van der Waals surface area contributed by atoms with E-state index in [9.17, 15) is 5.11 Å². The van der Waals surface area contributed by atoms with Gasteiger partial charge in [-0.15, -0.1) is 0 Å². The standard InChI is InChI=1S/C17H28N2O2/c1-3-19(4-2)15-10-11-18(12-15)13-16(20)14-21-17-8-6-5-7-9-17/h5-9,15-16,20H,3-4,10-14H2,1-2H3. The van der Waals surface area contributed by atoms with Crippen LogP contribution < -0.4 is 4.74 Å². The summed E-state index contributed by atoms with van der Waals surface area (Å²) in [6, 6.07) is 10.3. The van der Waals surface area contributed by atoms with Crippen LogP contribution in [0.4, 0.5) is 0 Å². The van der Waals surface area contributed by atoms with E-state index in [1.165, 1.54) is 6.42 Å². The van der Waals surface area contributed by atoms with E-state index in [0.717, 1.165) is 31.9 Å². The van der Waals surface area contributed by atoms with Crippen molar-refractivity contribution in [3.8, 4) is 5.75 Å². The summed E-state index contributed by atoms with van der Waals surface area (Å²) in [4.78, 5) is 4.86. The molecule has 0 aliphatic carbocycles. The average Bonchev–Trinajstić information content (AvgIpc) is 2.96. The van der Waals surface area contributed by atoms with Gasteiger partial charge in [0.15, 0.2) is 0 Å². The third kappa shape index (κ3) is 4.99. The number of likely N-dealkylation sites (tertiary alicyclic amines) is 1. The fourth-order valence-corrected chi connectivity index (χ4v) is 3.08. The molecule has 2 rings (SSSR count). The summed E-state index contributed by atoms with van der Waals surface area (Å²) in [7, 11) is 0. The van der Waals surface area contributed by atoms with Gasteiger partial charge in [0.05, 0.1) is 0 Å². The fraction of sp³-hybridized carbons (Fsp3) is 0.647. The van der Waals surface area contributed by atoms with Crippen molar-refractivity contribution >= 4 is 0 Å². The second kappa shape index (κ2) is 8.37. The third-order valence-electron chi connectivity index (χ3n) is 4.23. The number of aliphatic hydroxyl groups excluding tert-OH is 1. The van der Waals surface area contributed by atoms with Gasteiger partial charge in [0.25, 0.3) is 0 Å². The van der Waals surface area contributed by atoms with E-state index < -0.39 is 6.10 Å². The monoisotopic (exact) mass is 292 g/mol. The van der Waals surface area contributed by atoms with Gasteiger partial charge in [0, 0.05) is 19.1 Å². The Hall–Kier alpha value is -1.10. The maximum absolute atomic E-state index is 10.1. The van der Waals surface area contributed by atoms with Crippen LogP contribution in [0.2, 0.25) is 0 Å². The number of ether oxygens (including phenoxy) is 1. The molecule has 2 atom stereocenters. The Bertz CT molecular complexity index is 395. The van der Waals surface area contributed by atoms with Gasteiger partial charge in [0.2, 0.25) is 0 Å². The van der Waals surface area contributed by atoms with Gasteiger partial charge in [-0.05, 0) is 38.2 Å². The number of hydrogen-bond donors (Lipinski definition) is 1. The van der Waals surface area contributed by atoms with E-state index >= 15 is 0 Å². The maximum Gasteiger partial charge on any atom is 0.119 e. The van der Waals surface area contributed by atoms with Crippen molar-refractivity contribution in [3.05, 3.63) is 30.3 Å². The first-order chi connectivity index (χ1) is 10.2. The van der Waals surface area contributed by atoms with Crippen molar-refractivity contribution in [3.63, 3.8) is 0 Å². The summed E-state index contributed by atoms with van der Waals surface area (Å²) in [5.41, 5.74) is 0. The molecule has 0 aromatic heterocycles. The molecule has 1 saturated heterocycles. The molecule has 2 unspecified atom stereocenters. The summed E-state index contributed by atoms with van der Waals surface area (Å²) in [5.74, 6) is 0.819. The predicted molar refractivity (Wildman–Crippen MR) is 85.7 cm³/mol. The lowest BCUT2D eigenvalue weighted by Gasteiger charge is -2.26. The van der Waals surface area contributed by atoms with Gasteiger partial charge in [-0.25, -0.2) is 0 Å². The first kappa shape index (κ1) is 16.3. The maximum atomic E-state index is 10.1. The zero-order valence-electron chi connectivity index (χ0n) is 13.2. The van der Waals surface area contributed by atoms with Gasteiger partial charge in [-0.2, -0.15) is 0 Å². The van der Waals surface area contributed by atoms with E-state index in [2.05, 4.69) is 23.6 Å². The third-order valence-corrected chi connectivity index (χ3v) is 4.23. The largest absolute Gasteiger partial charge is 0.491 e. The normalized spacial score (nSPS) is 20.9. The number of likely N-dealkylation sites (N-methyl/N-ethyl adjacent to an activating group) is 1. The van der Waals surface area contributed by atoms with Crippen LogP contribution in [0.1, 0.15) is 20.3 Å². The molecule has 1 aliphatic heterocycles. The Kier molecular flexibility index (Phi) is 6.49. The Labute approximate surface area is 128 Å². The summed E-state index contributed by atoms with van der Waals surface area (Å²) < 4.78 is 5.61.